The van der Waals surface area contributed by atoms with Crippen LogP contribution in [0.1, 0.15) is 45.6 Å². The van der Waals surface area contributed by atoms with Gasteiger partial charge < -0.3 is 9.84 Å². The molecule has 0 spiro atoms. The Labute approximate surface area is 197 Å². The zero-order valence-corrected chi connectivity index (χ0v) is 18.7. The first-order valence-electron chi connectivity index (χ1n) is 10.9. The first kappa shape index (κ1) is 21.2. The van der Waals surface area contributed by atoms with Crippen molar-refractivity contribution < 1.29 is 14.6 Å². The number of hydrogen-bond acceptors (Lipinski definition) is 4. The summed E-state index contributed by atoms with van der Waals surface area (Å²) in [6.07, 6.45) is 4.65. The van der Waals surface area contributed by atoms with Crippen LogP contribution in [-0.2, 0) is 17.8 Å². The fourth-order valence-electron chi connectivity index (χ4n) is 4.28. The third-order valence-corrected chi connectivity index (χ3v) is 6.14. The van der Waals surface area contributed by atoms with Crippen LogP contribution in [-0.4, -0.2) is 16.1 Å². The molecule has 0 saturated carbocycles. The lowest BCUT2D eigenvalue weighted by Crippen LogP contribution is -2.15. The molecule has 164 valence electrons. The highest BCUT2D eigenvalue weighted by Gasteiger charge is 2.26. The standard InChI is InChI=1S/C28H22ClNO3/c29-21-12-8-19(9-13-21)17-33-28(32)26-23-5-1-2-7-25(23)30-27-20(4-3-6-24(26)27)16-18-10-14-22(31)15-11-18/h1-2,5,7-16,31H,3-4,6,17H2/b20-16+. The predicted octanol–water partition coefficient (Wildman–Crippen LogP) is 6.83. The molecule has 0 atom stereocenters. The van der Waals surface area contributed by atoms with E-state index in [9.17, 15) is 9.90 Å². The number of para-hydroxylation sites is 1. The Morgan fingerprint density at radius 3 is 2.55 bits per heavy atom. The summed E-state index contributed by atoms with van der Waals surface area (Å²) in [4.78, 5) is 18.3. The van der Waals surface area contributed by atoms with Gasteiger partial charge in [-0.25, -0.2) is 9.78 Å². The third-order valence-electron chi connectivity index (χ3n) is 5.89. The van der Waals surface area contributed by atoms with Crippen molar-refractivity contribution in [1.29, 1.82) is 0 Å². The molecule has 1 N–H and O–H groups in total. The van der Waals surface area contributed by atoms with E-state index in [0.717, 1.165) is 58.1 Å². The van der Waals surface area contributed by atoms with Crippen LogP contribution in [0.4, 0.5) is 0 Å². The maximum absolute atomic E-state index is 13.4. The molecule has 5 heteroatoms. The van der Waals surface area contributed by atoms with Crippen LogP contribution in [0.2, 0.25) is 5.02 Å². The molecule has 0 saturated heterocycles. The van der Waals surface area contributed by atoms with Crippen molar-refractivity contribution in [3.8, 4) is 5.75 Å². The molecule has 0 amide bonds. The van der Waals surface area contributed by atoms with Gasteiger partial charge in [-0.3, -0.25) is 0 Å². The highest BCUT2D eigenvalue weighted by Crippen LogP contribution is 2.36. The lowest BCUT2D eigenvalue weighted by atomic mass is 9.86. The van der Waals surface area contributed by atoms with Crippen molar-refractivity contribution in [2.75, 3.05) is 0 Å². The second kappa shape index (κ2) is 9.08. The molecule has 1 aliphatic rings. The minimum absolute atomic E-state index is 0.178. The molecule has 1 aromatic heterocycles. The highest BCUT2D eigenvalue weighted by atomic mass is 35.5. The molecule has 33 heavy (non-hydrogen) atoms. The monoisotopic (exact) mass is 455 g/mol. The van der Waals surface area contributed by atoms with Gasteiger partial charge in [0.15, 0.2) is 0 Å². The van der Waals surface area contributed by atoms with E-state index in [2.05, 4.69) is 6.08 Å². The summed E-state index contributed by atoms with van der Waals surface area (Å²) in [6.45, 7) is 0.178. The van der Waals surface area contributed by atoms with Gasteiger partial charge in [0, 0.05) is 10.4 Å². The summed E-state index contributed by atoms with van der Waals surface area (Å²) in [7, 11) is 0. The molecule has 0 aliphatic heterocycles. The fourth-order valence-corrected chi connectivity index (χ4v) is 4.41. The number of nitrogens with zero attached hydrogens (tertiary/aromatic N) is 1. The summed E-state index contributed by atoms with van der Waals surface area (Å²) in [6, 6.07) is 22.1. The molecule has 4 nitrogen and oxygen atoms in total. The minimum atomic E-state index is -0.342. The molecule has 0 unspecified atom stereocenters. The molecule has 4 aromatic rings. The number of fused-ring (bicyclic) bond motifs is 2. The summed E-state index contributed by atoms with van der Waals surface area (Å²) >= 11 is 5.96. The lowest BCUT2D eigenvalue weighted by Gasteiger charge is -2.22. The fraction of sp³-hybridized carbons (Fsp3) is 0.143. The number of esters is 1. The van der Waals surface area contributed by atoms with Crippen molar-refractivity contribution in [2.24, 2.45) is 0 Å². The van der Waals surface area contributed by atoms with E-state index < -0.39 is 0 Å². The molecule has 1 heterocycles. The zero-order valence-electron chi connectivity index (χ0n) is 17.9. The van der Waals surface area contributed by atoms with Gasteiger partial charge in [0.05, 0.1) is 16.8 Å². The normalized spacial score (nSPS) is 14.3. The number of rotatable bonds is 4. The van der Waals surface area contributed by atoms with E-state index in [1.807, 2.05) is 48.5 Å². The van der Waals surface area contributed by atoms with E-state index in [-0.39, 0.29) is 18.3 Å². The Hall–Kier alpha value is -3.63. The zero-order chi connectivity index (χ0) is 22.8. The van der Waals surface area contributed by atoms with Gasteiger partial charge in [-0.2, -0.15) is 0 Å². The molecule has 3 aromatic carbocycles. The molecule has 0 bridgehead atoms. The van der Waals surface area contributed by atoms with Gasteiger partial charge >= 0.3 is 5.97 Å². The van der Waals surface area contributed by atoms with Crippen LogP contribution in [0.3, 0.4) is 0 Å². The number of carbonyl (C=O) groups is 1. The van der Waals surface area contributed by atoms with Crippen LogP contribution < -0.4 is 0 Å². The summed E-state index contributed by atoms with van der Waals surface area (Å²) in [5.74, 6) is -0.110. The van der Waals surface area contributed by atoms with Crippen molar-refractivity contribution >= 4 is 40.1 Å². The quantitative estimate of drug-likeness (QED) is 0.343. The highest BCUT2D eigenvalue weighted by molar-refractivity contribution is 6.30. The minimum Gasteiger partial charge on any atom is -0.508 e. The van der Waals surface area contributed by atoms with Crippen LogP contribution in [0.25, 0.3) is 22.6 Å². The number of aromatic nitrogens is 1. The van der Waals surface area contributed by atoms with Gasteiger partial charge in [-0.15, -0.1) is 0 Å². The lowest BCUT2D eigenvalue weighted by molar-refractivity contribution is 0.0473. The number of phenolic OH excluding ortho intramolecular Hbond substituents is 1. The van der Waals surface area contributed by atoms with E-state index in [4.69, 9.17) is 21.3 Å². The van der Waals surface area contributed by atoms with Crippen LogP contribution in [0.5, 0.6) is 5.75 Å². The molecular formula is C28H22ClNO3. The predicted molar refractivity (Wildman–Crippen MR) is 131 cm³/mol. The summed E-state index contributed by atoms with van der Waals surface area (Å²) in [5.41, 5.74) is 6.11. The number of benzene rings is 3. The molecule has 5 rings (SSSR count). The van der Waals surface area contributed by atoms with Crippen LogP contribution in [0, 0.1) is 0 Å². The summed E-state index contributed by atoms with van der Waals surface area (Å²) < 4.78 is 5.74. The van der Waals surface area contributed by atoms with E-state index in [1.165, 1.54) is 0 Å². The average molecular weight is 456 g/mol. The van der Waals surface area contributed by atoms with E-state index in [1.54, 1.807) is 24.3 Å². The van der Waals surface area contributed by atoms with Gasteiger partial charge in [0.1, 0.15) is 12.4 Å². The van der Waals surface area contributed by atoms with Gasteiger partial charge in [0.2, 0.25) is 0 Å². The first-order valence-corrected chi connectivity index (χ1v) is 11.3. The summed E-state index contributed by atoms with van der Waals surface area (Å²) in [5, 5.41) is 11.0. The van der Waals surface area contributed by atoms with E-state index in [0.29, 0.717) is 10.6 Å². The third kappa shape index (κ3) is 4.48. The Morgan fingerprint density at radius 1 is 1.00 bits per heavy atom. The number of halogens is 1. The molecule has 0 radical (unpaired) electrons. The van der Waals surface area contributed by atoms with Gasteiger partial charge in [0.25, 0.3) is 0 Å². The van der Waals surface area contributed by atoms with Gasteiger partial charge in [-0.05, 0) is 77.9 Å². The largest absolute Gasteiger partial charge is 0.508 e. The number of pyridine rings is 1. The number of phenols is 1. The average Bonchev–Trinajstić information content (AvgIpc) is 2.84. The number of allylic oxidation sites excluding steroid dienone is 1. The number of hydrogen-bond donors (Lipinski definition) is 1. The second-order valence-electron chi connectivity index (χ2n) is 8.15. The Morgan fingerprint density at radius 2 is 1.76 bits per heavy atom. The number of carbonyl (C=O) groups excluding carboxylic acids is 1. The van der Waals surface area contributed by atoms with Crippen molar-refractivity contribution in [2.45, 2.75) is 25.9 Å². The Kier molecular flexibility index (Phi) is 5.84. The van der Waals surface area contributed by atoms with Crippen LogP contribution >= 0.6 is 11.6 Å². The Bertz CT molecular complexity index is 1360. The van der Waals surface area contributed by atoms with E-state index >= 15 is 0 Å². The van der Waals surface area contributed by atoms with Crippen molar-refractivity contribution in [1.82, 2.24) is 4.98 Å². The smallest absolute Gasteiger partial charge is 0.339 e. The van der Waals surface area contributed by atoms with Crippen LogP contribution in [0.15, 0.2) is 72.8 Å². The van der Waals surface area contributed by atoms with Gasteiger partial charge in [-0.1, -0.05) is 54.1 Å². The Balaban J connectivity index is 1.56. The second-order valence-corrected chi connectivity index (χ2v) is 8.58. The van der Waals surface area contributed by atoms with Crippen molar-refractivity contribution in [3.05, 3.63) is 106 Å². The first-order chi connectivity index (χ1) is 16.1. The SMILES string of the molecule is O=C(OCc1ccc(Cl)cc1)c1c2c(nc3ccccc13)/C(=C/c1ccc(O)cc1)CCC2. The maximum atomic E-state index is 13.4. The number of ether oxygens (including phenoxy) is 1. The molecule has 1 aliphatic carbocycles. The molecule has 0 fully saturated rings. The molecular weight excluding hydrogens is 434 g/mol. The maximum Gasteiger partial charge on any atom is 0.339 e. The van der Waals surface area contributed by atoms with Crippen molar-refractivity contribution in [3.63, 3.8) is 0 Å². The topological polar surface area (TPSA) is 59.4 Å². The number of aromatic hydroxyl groups is 1.